The molecule has 0 saturated carbocycles. The first-order valence-corrected chi connectivity index (χ1v) is 7.30. The lowest BCUT2D eigenvalue weighted by Crippen LogP contribution is -2.01. The van der Waals surface area contributed by atoms with Crippen LogP contribution in [0.3, 0.4) is 0 Å². The van der Waals surface area contributed by atoms with Crippen molar-refractivity contribution in [3.8, 4) is 11.4 Å². The Morgan fingerprint density at radius 2 is 1.90 bits per heavy atom. The van der Waals surface area contributed by atoms with Gasteiger partial charge in [0, 0.05) is 15.7 Å². The summed E-state index contributed by atoms with van der Waals surface area (Å²) in [6.45, 7) is 5.96. The van der Waals surface area contributed by atoms with Crippen molar-refractivity contribution in [2.45, 2.75) is 20.8 Å². The molecule has 20 heavy (non-hydrogen) atoms. The van der Waals surface area contributed by atoms with E-state index in [0.717, 1.165) is 27.2 Å². The van der Waals surface area contributed by atoms with Crippen LogP contribution in [0.15, 0.2) is 22.7 Å². The van der Waals surface area contributed by atoms with Crippen molar-refractivity contribution < 1.29 is 0 Å². The molecule has 0 N–H and O–H groups in total. The minimum absolute atomic E-state index is 0.370. The number of rotatable bonds is 1. The van der Waals surface area contributed by atoms with Gasteiger partial charge in [-0.2, -0.15) is 0 Å². The minimum Gasteiger partial charge on any atom is -0.275 e. The highest BCUT2D eigenvalue weighted by atomic mass is 79.9. The molecular formula is C14H12BrClN4. The van der Waals surface area contributed by atoms with Gasteiger partial charge < -0.3 is 0 Å². The Morgan fingerprint density at radius 3 is 2.60 bits per heavy atom. The second-order valence-corrected chi connectivity index (χ2v) is 5.95. The van der Waals surface area contributed by atoms with Gasteiger partial charge in [0.2, 0.25) is 0 Å². The third kappa shape index (κ3) is 2.01. The average molecular weight is 352 g/mol. The van der Waals surface area contributed by atoms with Crippen molar-refractivity contribution in [1.29, 1.82) is 0 Å². The summed E-state index contributed by atoms with van der Waals surface area (Å²) in [5, 5.41) is 8.81. The molecule has 102 valence electrons. The van der Waals surface area contributed by atoms with Gasteiger partial charge in [0.1, 0.15) is 0 Å². The van der Waals surface area contributed by atoms with Gasteiger partial charge in [-0.3, -0.25) is 4.40 Å². The molecule has 1 aromatic carbocycles. The second-order valence-electron chi connectivity index (χ2n) is 4.74. The molecule has 3 aromatic rings. The van der Waals surface area contributed by atoms with Crippen molar-refractivity contribution in [2.75, 3.05) is 0 Å². The van der Waals surface area contributed by atoms with Gasteiger partial charge in [0.15, 0.2) is 16.6 Å². The normalized spacial score (nSPS) is 11.2. The molecule has 3 rings (SSSR count). The van der Waals surface area contributed by atoms with E-state index in [9.17, 15) is 0 Å². The number of halogens is 2. The number of nitrogens with zero attached hydrogens (tertiary/aromatic N) is 4. The molecule has 0 radical (unpaired) electrons. The summed E-state index contributed by atoms with van der Waals surface area (Å²) in [6, 6.07) is 6.13. The third-order valence-electron chi connectivity index (χ3n) is 3.34. The Labute approximate surface area is 129 Å². The van der Waals surface area contributed by atoms with Crippen LogP contribution in [0.1, 0.15) is 17.0 Å². The number of aromatic nitrogens is 4. The zero-order valence-corrected chi connectivity index (χ0v) is 13.6. The monoisotopic (exact) mass is 350 g/mol. The maximum atomic E-state index is 6.15. The summed E-state index contributed by atoms with van der Waals surface area (Å²) >= 11 is 9.74. The number of benzene rings is 1. The molecule has 0 spiro atoms. The number of fused-ring (bicyclic) bond motifs is 1. The minimum atomic E-state index is 0.370. The molecule has 0 aliphatic heterocycles. The van der Waals surface area contributed by atoms with Crippen LogP contribution < -0.4 is 0 Å². The predicted octanol–water partition coefficient (Wildman–Crippen LogP) is 4.13. The van der Waals surface area contributed by atoms with Crippen LogP contribution in [-0.2, 0) is 0 Å². The van der Waals surface area contributed by atoms with Crippen molar-refractivity contribution >= 4 is 33.2 Å². The van der Waals surface area contributed by atoms with Gasteiger partial charge in [-0.15, -0.1) is 10.2 Å². The Bertz CT molecular complexity index is 826. The van der Waals surface area contributed by atoms with Crippen molar-refractivity contribution in [2.24, 2.45) is 0 Å². The van der Waals surface area contributed by atoms with E-state index in [-0.39, 0.29) is 0 Å². The molecule has 0 saturated heterocycles. The zero-order chi connectivity index (χ0) is 14.4. The average Bonchev–Trinajstić information content (AvgIpc) is 2.81. The van der Waals surface area contributed by atoms with Crippen LogP contribution in [0.4, 0.5) is 0 Å². The van der Waals surface area contributed by atoms with E-state index in [2.05, 4.69) is 37.2 Å². The van der Waals surface area contributed by atoms with Crippen LogP contribution in [0.25, 0.3) is 17.0 Å². The third-order valence-corrected chi connectivity index (χ3v) is 4.25. The molecule has 6 heteroatoms. The summed E-state index contributed by atoms with van der Waals surface area (Å²) < 4.78 is 2.93. The van der Waals surface area contributed by atoms with Crippen LogP contribution in [0, 0.1) is 20.8 Å². The van der Waals surface area contributed by atoms with Gasteiger partial charge in [-0.05, 0) is 38.5 Å². The fraction of sp³-hybridized carbons (Fsp3) is 0.214. The number of aryl methyl sites for hydroxylation is 3. The fourth-order valence-corrected chi connectivity index (χ4v) is 3.07. The Balaban J connectivity index is 2.38. The molecule has 0 fully saturated rings. The first-order valence-electron chi connectivity index (χ1n) is 6.13. The SMILES string of the molecule is Cc1ccc(-c2nnc3c(Cl)nc(C)c(C)n23)c(Br)c1. The Kier molecular flexibility index (Phi) is 3.26. The topological polar surface area (TPSA) is 43.1 Å². The smallest absolute Gasteiger partial charge is 0.199 e. The molecule has 0 amide bonds. The van der Waals surface area contributed by atoms with E-state index >= 15 is 0 Å². The van der Waals surface area contributed by atoms with Gasteiger partial charge in [0.05, 0.1) is 5.69 Å². The lowest BCUT2D eigenvalue weighted by molar-refractivity contribution is 0.999. The van der Waals surface area contributed by atoms with E-state index in [1.165, 1.54) is 5.56 Å². The van der Waals surface area contributed by atoms with Crippen molar-refractivity contribution in [3.05, 3.63) is 44.8 Å². The maximum absolute atomic E-state index is 6.15. The van der Waals surface area contributed by atoms with E-state index in [1.807, 2.05) is 37.3 Å². The fourth-order valence-electron chi connectivity index (χ4n) is 2.15. The highest BCUT2D eigenvalue weighted by molar-refractivity contribution is 9.10. The molecule has 0 aliphatic rings. The molecule has 0 unspecified atom stereocenters. The maximum Gasteiger partial charge on any atom is 0.199 e. The largest absolute Gasteiger partial charge is 0.275 e. The van der Waals surface area contributed by atoms with Gasteiger partial charge in [-0.25, -0.2) is 4.98 Å². The summed E-state index contributed by atoms with van der Waals surface area (Å²) in [5.74, 6) is 0.761. The van der Waals surface area contributed by atoms with Crippen LogP contribution in [0.5, 0.6) is 0 Å². The summed E-state index contributed by atoms with van der Waals surface area (Å²) in [6.07, 6.45) is 0. The molecule has 2 aromatic heterocycles. The lowest BCUT2D eigenvalue weighted by atomic mass is 10.1. The number of hydrogen-bond acceptors (Lipinski definition) is 3. The predicted molar refractivity (Wildman–Crippen MR) is 83.1 cm³/mol. The van der Waals surface area contributed by atoms with Gasteiger partial charge in [0.25, 0.3) is 0 Å². The quantitative estimate of drug-likeness (QED) is 0.662. The Morgan fingerprint density at radius 1 is 1.15 bits per heavy atom. The van der Waals surface area contributed by atoms with E-state index < -0.39 is 0 Å². The zero-order valence-electron chi connectivity index (χ0n) is 11.3. The standard InChI is InChI=1S/C14H12BrClN4/c1-7-4-5-10(11(15)6-7)13-18-19-14-12(16)17-8(2)9(3)20(13)14/h4-6H,1-3H3. The summed E-state index contributed by atoms with van der Waals surface area (Å²) in [4.78, 5) is 4.28. The van der Waals surface area contributed by atoms with Crippen molar-refractivity contribution in [1.82, 2.24) is 19.6 Å². The van der Waals surface area contributed by atoms with Crippen molar-refractivity contribution in [3.63, 3.8) is 0 Å². The second kappa shape index (κ2) is 4.82. The first-order chi connectivity index (χ1) is 9.49. The van der Waals surface area contributed by atoms with Crippen LogP contribution >= 0.6 is 27.5 Å². The first kappa shape index (κ1) is 13.5. The number of hydrogen-bond donors (Lipinski definition) is 0. The summed E-state index contributed by atoms with van der Waals surface area (Å²) in [5.41, 5.74) is 4.59. The molecule has 0 aliphatic carbocycles. The highest BCUT2D eigenvalue weighted by Gasteiger charge is 2.17. The lowest BCUT2D eigenvalue weighted by Gasteiger charge is -2.08. The van der Waals surface area contributed by atoms with Gasteiger partial charge in [-0.1, -0.05) is 33.6 Å². The molecule has 0 atom stereocenters. The van der Waals surface area contributed by atoms with Crippen LogP contribution in [-0.4, -0.2) is 19.6 Å². The highest BCUT2D eigenvalue weighted by Crippen LogP contribution is 2.30. The van der Waals surface area contributed by atoms with E-state index in [4.69, 9.17) is 11.6 Å². The van der Waals surface area contributed by atoms with E-state index in [1.54, 1.807) is 0 Å². The Hall–Kier alpha value is -1.46. The molecular weight excluding hydrogens is 340 g/mol. The molecule has 2 heterocycles. The molecule has 0 bridgehead atoms. The molecule has 4 nitrogen and oxygen atoms in total. The van der Waals surface area contributed by atoms with Gasteiger partial charge >= 0.3 is 0 Å². The van der Waals surface area contributed by atoms with E-state index in [0.29, 0.717) is 10.8 Å². The summed E-state index contributed by atoms with van der Waals surface area (Å²) in [7, 11) is 0. The van der Waals surface area contributed by atoms with Crippen LogP contribution in [0.2, 0.25) is 5.15 Å².